The highest BCUT2D eigenvalue weighted by atomic mass is 16.3. The van der Waals surface area contributed by atoms with E-state index >= 15 is 0 Å². The van der Waals surface area contributed by atoms with Gasteiger partial charge in [-0.05, 0) is 12.1 Å². The largest absolute Gasteiger partial charge is 0.504 e. The van der Waals surface area contributed by atoms with Crippen LogP contribution in [-0.4, -0.2) is 14.9 Å². The van der Waals surface area contributed by atoms with E-state index in [9.17, 15) is 5.11 Å². The molecule has 0 atom stereocenters. The van der Waals surface area contributed by atoms with Crippen molar-refractivity contribution >= 4 is 0 Å². The van der Waals surface area contributed by atoms with E-state index in [1.54, 1.807) is 10.9 Å². The molecule has 2 rings (SSSR count). The average molecular weight is 216 g/mol. The number of hydrogen-bond donors (Lipinski definition) is 1. The molecule has 2 aromatic rings. The van der Waals surface area contributed by atoms with Gasteiger partial charge in [0.25, 0.3) is 0 Å². The van der Waals surface area contributed by atoms with Gasteiger partial charge < -0.3 is 5.11 Å². The van der Waals surface area contributed by atoms with Crippen LogP contribution in [0.2, 0.25) is 0 Å². The summed E-state index contributed by atoms with van der Waals surface area (Å²) in [6.45, 7) is 6.10. The lowest BCUT2D eigenvalue weighted by molar-refractivity contribution is 0.444. The van der Waals surface area contributed by atoms with Crippen LogP contribution in [0.4, 0.5) is 0 Å². The Hall–Kier alpha value is -1.77. The molecule has 1 aromatic heterocycles. The third-order valence-electron chi connectivity index (χ3n) is 2.43. The van der Waals surface area contributed by atoms with Crippen molar-refractivity contribution in [1.29, 1.82) is 0 Å². The topological polar surface area (TPSA) is 38.0 Å². The van der Waals surface area contributed by atoms with Crippen molar-refractivity contribution in [2.24, 2.45) is 0 Å². The highest BCUT2D eigenvalue weighted by molar-refractivity contribution is 5.36. The van der Waals surface area contributed by atoms with Crippen molar-refractivity contribution in [3.05, 3.63) is 42.2 Å². The SMILES string of the molecule is CC(C)(C)c1nn(-c2ccccc2)cc1O. The van der Waals surface area contributed by atoms with E-state index in [-0.39, 0.29) is 11.2 Å². The maximum Gasteiger partial charge on any atom is 0.157 e. The minimum atomic E-state index is -0.149. The van der Waals surface area contributed by atoms with Crippen LogP contribution in [0, 0.1) is 0 Å². The zero-order valence-electron chi connectivity index (χ0n) is 9.81. The van der Waals surface area contributed by atoms with E-state index < -0.39 is 0 Å². The number of nitrogens with zero attached hydrogens (tertiary/aromatic N) is 2. The van der Waals surface area contributed by atoms with Crippen molar-refractivity contribution in [3.63, 3.8) is 0 Å². The summed E-state index contributed by atoms with van der Waals surface area (Å²) in [6, 6.07) is 9.77. The van der Waals surface area contributed by atoms with Gasteiger partial charge in [0.15, 0.2) is 5.75 Å². The van der Waals surface area contributed by atoms with E-state index in [4.69, 9.17) is 0 Å². The van der Waals surface area contributed by atoms with Crippen LogP contribution >= 0.6 is 0 Å². The minimum Gasteiger partial charge on any atom is -0.504 e. The van der Waals surface area contributed by atoms with Crippen molar-refractivity contribution in [3.8, 4) is 11.4 Å². The normalized spacial score (nSPS) is 11.7. The van der Waals surface area contributed by atoms with E-state index in [2.05, 4.69) is 5.10 Å². The monoisotopic (exact) mass is 216 g/mol. The molecule has 1 N–H and O–H groups in total. The van der Waals surface area contributed by atoms with E-state index in [1.165, 1.54) is 0 Å². The van der Waals surface area contributed by atoms with Gasteiger partial charge in [0.1, 0.15) is 5.69 Å². The van der Waals surface area contributed by atoms with Gasteiger partial charge in [-0.3, -0.25) is 0 Å². The Morgan fingerprint density at radius 3 is 2.25 bits per heavy atom. The van der Waals surface area contributed by atoms with Gasteiger partial charge in [0.05, 0.1) is 11.9 Å². The van der Waals surface area contributed by atoms with Crippen LogP contribution < -0.4 is 0 Å². The zero-order valence-corrected chi connectivity index (χ0v) is 9.81. The molecular weight excluding hydrogens is 200 g/mol. The summed E-state index contributed by atoms with van der Waals surface area (Å²) in [5.41, 5.74) is 1.52. The number of benzene rings is 1. The lowest BCUT2D eigenvalue weighted by atomic mass is 9.92. The van der Waals surface area contributed by atoms with Crippen molar-refractivity contribution in [1.82, 2.24) is 9.78 Å². The molecule has 0 saturated carbocycles. The third-order valence-corrected chi connectivity index (χ3v) is 2.43. The number of aromatic hydroxyl groups is 1. The van der Waals surface area contributed by atoms with Crippen molar-refractivity contribution in [2.75, 3.05) is 0 Å². The number of aromatic nitrogens is 2. The Morgan fingerprint density at radius 1 is 1.12 bits per heavy atom. The lowest BCUT2D eigenvalue weighted by Crippen LogP contribution is -2.12. The van der Waals surface area contributed by atoms with Gasteiger partial charge in [0.2, 0.25) is 0 Å². The van der Waals surface area contributed by atoms with Gasteiger partial charge >= 0.3 is 0 Å². The maximum absolute atomic E-state index is 9.84. The molecule has 0 bridgehead atoms. The highest BCUT2D eigenvalue weighted by Crippen LogP contribution is 2.29. The molecule has 84 valence electrons. The van der Waals surface area contributed by atoms with Crippen LogP contribution in [0.1, 0.15) is 26.5 Å². The fourth-order valence-corrected chi connectivity index (χ4v) is 1.61. The summed E-state index contributed by atoms with van der Waals surface area (Å²) in [7, 11) is 0. The Kier molecular flexibility index (Phi) is 2.46. The fraction of sp³-hybridized carbons (Fsp3) is 0.308. The first-order chi connectivity index (χ1) is 7.48. The second-order valence-corrected chi connectivity index (χ2v) is 4.89. The summed E-state index contributed by atoms with van der Waals surface area (Å²) in [4.78, 5) is 0. The Labute approximate surface area is 95.3 Å². The Bertz CT molecular complexity index is 480. The zero-order chi connectivity index (χ0) is 11.8. The first-order valence-corrected chi connectivity index (χ1v) is 5.33. The second kappa shape index (κ2) is 3.67. The van der Waals surface area contributed by atoms with Crippen molar-refractivity contribution in [2.45, 2.75) is 26.2 Å². The molecule has 3 nitrogen and oxygen atoms in total. The number of hydrogen-bond acceptors (Lipinski definition) is 2. The fourth-order valence-electron chi connectivity index (χ4n) is 1.61. The smallest absolute Gasteiger partial charge is 0.157 e. The second-order valence-electron chi connectivity index (χ2n) is 4.89. The molecule has 0 amide bonds. The standard InChI is InChI=1S/C13H16N2O/c1-13(2,3)12-11(16)9-15(14-12)10-7-5-4-6-8-10/h4-9,16H,1-3H3. The van der Waals surface area contributed by atoms with Gasteiger partial charge in [-0.15, -0.1) is 0 Å². The molecule has 0 radical (unpaired) electrons. The summed E-state index contributed by atoms with van der Waals surface area (Å²) in [5.74, 6) is 0.247. The molecule has 3 heteroatoms. The molecule has 16 heavy (non-hydrogen) atoms. The third kappa shape index (κ3) is 1.94. The maximum atomic E-state index is 9.84. The molecule has 1 aromatic carbocycles. The molecule has 0 fully saturated rings. The molecule has 0 aliphatic carbocycles. The van der Waals surface area contributed by atoms with Crippen molar-refractivity contribution < 1.29 is 5.11 Å². The van der Waals surface area contributed by atoms with Crippen LogP contribution in [0.25, 0.3) is 5.69 Å². The number of para-hydroxylation sites is 1. The molecule has 0 aliphatic rings. The predicted molar refractivity (Wildman–Crippen MR) is 63.9 cm³/mol. The quantitative estimate of drug-likeness (QED) is 0.796. The van der Waals surface area contributed by atoms with Crippen LogP contribution in [0.5, 0.6) is 5.75 Å². The first kappa shape index (κ1) is 10.7. The summed E-state index contributed by atoms with van der Waals surface area (Å²) in [6.07, 6.45) is 1.65. The summed E-state index contributed by atoms with van der Waals surface area (Å²) >= 11 is 0. The molecule has 0 aliphatic heterocycles. The van der Waals surface area contributed by atoms with Gasteiger partial charge in [-0.25, -0.2) is 4.68 Å². The molecule has 0 unspecified atom stereocenters. The van der Waals surface area contributed by atoms with E-state index in [0.717, 1.165) is 11.4 Å². The van der Waals surface area contributed by atoms with Crippen LogP contribution in [0.3, 0.4) is 0 Å². The van der Waals surface area contributed by atoms with Gasteiger partial charge in [-0.2, -0.15) is 5.10 Å². The van der Waals surface area contributed by atoms with Crippen LogP contribution in [-0.2, 0) is 5.41 Å². The van der Waals surface area contributed by atoms with E-state index in [0.29, 0.717) is 0 Å². The van der Waals surface area contributed by atoms with Gasteiger partial charge in [-0.1, -0.05) is 39.0 Å². The highest BCUT2D eigenvalue weighted by Gasteiger charge is 2.22. The average Bonchev–Trinajstić information content (AvgIpc) is 2.61. The van der Waals surface area contributed by atoms with E-state index in [1.807, 2.05) is 51.1 Å². The Balaban J connectivity index is 2.47. The molecule has 0 saturated heterocycles. The van der Waals surface area contributed by atoms with Crippen LogP contribution in [0.15, 0.2) is 36.5 Å². The van der Waals surface area contributed by atoms with Gasteiger partial charge in [0, 0.05) is 5.41 Å². The first-order valence-electron chi connectivity index (χ1n) is 5.33. The Morgan fingerprint density at radius 2 is 1.75 bits per heavy atom. The minimum absolute atomic E-state index is 0.149. The molecular formula is C13H16N2O. The summed E-state index contributed by atoms with van der Waals surface area (Å²) < 4.78 is 1.70. The molecule has 0 spiro atoms. The lowest BCUT2D eigenvalue weighted by Gasteiger charge is -2.14. The number of rotatable bonds is 1. The summed E-state index contributed by atoms with van der Waals surface area (Å²) in [5, 5.41) is 14.3. The molecule has 1 heterocycles. The predicted octanol–water partition coefficient (Wildman–Crippen LogP) is 2.88.